The quantitative estimate of drug-likeness (QED) is 0.819. The average Bonchev–Trinajstić information content (AvgIpc) is 2.78. The van der Waals surface area contributed by atoms with E-state index in [2.05, 4.69) is 61.8 Å². The van der Waals surface area contributed by atoms with Crippen LogP contribution in [0.5, 0.6) is 0 Å². The van der Waals surface area contributed by atoms with E-state index in [9.17, 15) is 5.11 Å². The molecule has 1 aromatic heterocycles. The van der Waals surface area contributed by atoms with Crippen molar-refractivity contribution in [3.8, 4) is 0 Å². The molecule has 7 nitrogen and oxygen atoms in total. The van der Waals surface area contributed by atoms with Gasteiger partial charge >= 0.3 is 0 Å². The zero-order chi connectivity index (χ0) is 21.3. The van der Waals surface area contributed by atoms with Crippen molar-refractivity contribution in [2.75, 3.05) is 49.6 Å². The largest absolute Gasteiger partial charge is 0.388 e. The second kappa shape index (κ2) is 8.70. The predicted octanol–water partition coefficient (Wildman–Crippen LogP) is 3.20. The molecule has 3 heterocycles. The SMILES string of the molecule is CC(C)C(O)c1cnc(N2CCN(C(C)c3ccc4c(c3)N(C)CC=N4)CC2)nc1. The van der Waals surface area contributed by atoms with Crippen molar-refractivity contribution in [1.29, 1.82) is 0 Å². The molecule has 2 unspecified atom stereocenters. The molecule has 160 valence electrons. The van der Waals surface area contributed by atoms with Crippen LogP contribution in [0, 0.1) is 5.92 Å². The van der Waals surface area contributed by atoms with Gasteiger partial charge in [0.2, 0.25) is 5.95 Å². The third-order valence-corrected chi connectivity index (χ3v) is 6.26. The van der Waals surface area contributed by atoms with Crippen molar-refractivity contribution in [3.63, 3.8) is 0 Å². The number of rotatable bonds is 5. The van der Waals surface area contributed by atoms with Gasteiger partial charge in [-0.15, -0.1) is 0 Å². The molecule has 30 heavy (non-hydrogen) atoms. The van der Waals surface area contributed by atoms with E-state index in [0.29, 0.717) is 6.04 Å². The maximum Gasteiger partial charge on any atom is 0.225 e. The Morgan fingerprint density at radius 3 is 2.33 bits per heavy atom. The molecule has 1 saturated heterocycles. The Labute approximate surface area is 179 Å². The van der Waals surface area contributed by atoms with E-state index in [4.69, 9.17) is 0 Å². The number of nitrogens with zero attached hydrogens (tertiary/aromatic N) is 6. The van der Waals surface area contributed by atoms with Crippen LogP contribution in [0.1, 0.15) is 44.0 Å². The fraction of sp³-hybridized carbons (Fsp3) is 0.522. The molecular formula is C23H32N6O. The second-order valence-electron chi connectivity index (χ2n) is 8.64. The molecular weight excluding hydrogens is 376 g/mol. The molecule has 1 fully saturated rings. The van der Waals surface area contributed by atoms with E-state index >= 15 is 0 Å². The van der Waals surface area contributed by atoms with Gasteiger partial charge in [-0.3, -0.25) is 9.89 Å². The van der Waals surface area contributed by atoms with Crippen molar-refractivity contribution in [2.24, 2.45) is 10.9 Å². The summed E-state index contributed by atoms with van der Waals surface area (Å²) in [7, 11) is 2.11. The Morgan fingerprint density at radius 1 is 0.967 bits per heavy atom. The summed E-state index contributed by atoms with van der Waals surface area (Å²) in [4.78, 5) is 20.5. The molecule has 0 radical (unpaired) electrons. The number of benzene rings is 1. The van der Waals surface area contributed by atoms with Gasteiger partial charge in [-0.1, -0.05) is 19.9 Å². The molecule has 0 amide bonds. The van der Waals surface area contributed by atoms with Crippen molar-refractivity contribution in [1.82, 2.24) is 14.9 Å². The van der Waals surface area contributed by atoms with Crippen molar-refractivity contribution >= 4 is 23.5 Å². The molecule has 4 rings (SSSR count). The zero-order valence-electron chi connectivity index (χ0n) is 18.4. The van der Waals surface area contributed by atoms with Gasteiger partial charge in [-0.25, -0.2) is 9.97 Å². The van der Waals surface area contributed by atoms with Gasteiger partial charge in [0.15, 0.2) is 0 Å². The summed E-state index contributed by atoms with van der Waals surface area (Å²) in [6.07, 6.45) is 4.96. The van der Waals surface area contributed by atoms with Crippen LogP contribution in [-0.4, -0.2) is 66.0 Å². The Hall–Kier alpha value is -2.51. The molecule has 2 atom stereocenters. The smallest absolute Gasteiger partial charge is 0.225 e. The summed E-state index contributed by atoms with van der Waals surface area (Å²) in [5.74, 6) is 0.898. The van der Waals surface area contributed by atoms with Gasteiger partial charge in [-0.05, 0) is 30.5 Å². The van der Waals surface area contributed by atoms with Crippen LogP contribution in [0.15, 0.2) is 35.6 Å². The highest BCUT2D eigenvalue weighted by Crippen LogP contribution is 2.34. The lowest BCUT2D eigenvalue weighted by molar-refractivity contribution is 0.126. The summed E-state index contributed by atoms with van der Waals surface area (Å²) >= 11 is 0. The van der Waals surface area contributed by atoms with E-state index < -0.39 is 6.10 Å². The molecule has 7 heteroatoms. The first-order chi connectivity index (χ1) is 14.4. The van der Waals surface area contributed by atoms with Crippen molar-refractivity contribution in [2.45, 2.75) is 32.9 Å². The first-order valence-electron chi connectivity index (χ1n) is 10.8. The summed E-state index contributed by atoms with van der Waals surface area (Å²) in [5, 5.41) is 10.2. The van der Waals surface area contributed by atoms with Crippen LogP contribution in [0.3, 0.4) is 0 Å². The lowest BCUT2D eigenvalue weighted by atomic mass is 10.0. The lowest BCUT2D eigenvalue weighted by Gasteiger charge is -2.38. The molecule has 2 aromatic rings. The summed E-state index contributed by atoms with van der Waals surface area (Å²) in [6, 6.07) is 6.96. The van der Waals surface area contributed by atoms with Crippen LogP contribution < -0.4 is 9.80 Å². The van der Waals surface area contributed by atoms with Gasteiger partial charge in [0.1, 0.15) is 0 Å². The Morgan fingerprint density at radius 2 is 1.67 bits per heavy atom. The summed E-state index contributed by atoms with van der Waals surface area (Å²) in [5.41, 5.74) is 4.36. The monoisotopic (exact) mass is 408 g/mol. The van der Waals surface area contributed by atoms with Gasteiger partial charge in [-0.2, -0.15) is 0 Å². The number of aliphatic hydroxyl groups is 1. The van der Waals surface area contributed by atoms with Gasteiger partial charge in [0, 0.05) is 63.4 Å². The molecule has 2 aliphatic heterocycles. The molecule has 0 saturated carbocycles. The third kappa shape index (κ3) is 4.18. The fourth-order valence-corrected chi connectivity index (χ4v) is 4.13. The molecule has 0 bridgehead atoms. The van der Waals surface area contributed by atoms with Crippen LogP contribution in [0.2, 0.25) is 0 Å². The first-order valence-corrected chi connectivity index (χ1v) is 10.8. The summed E-state index contributed by atoms with van der Waals surface area (Å²) in [6.45, 7) is 10.8. The van der Waals surface area contributed by atoms with E-state index in [1.165, 1.54) is 11.3 Å². The summed E-state index contributed by atoms with van der Waals surface area (Å²) < 4.78 is 0. The molecule has 0 spiro atoms. The van der Waals surface area contributed by atoms with Crippen LogP contribution in [0.25, 0.3) is 0 Å². The Bertz CT molecular complexity index is 889. The highest BCUT2D eigenvalue weighted by atomic mass is 16.3. The van der Waals surface area contributed by atoms with E-state index in [1.807, 2.05) is 20.1 Å². The predicted molar refractivity (Wildman–Crippen MR) is 122 cm³/mol. The average molecular weight is 409 g/mol. The molecule has 2 aliphatic rings. The third-order valence-electron chi connectivity index (χ3n) is 6.26. The minimum Gasteiger partial charge on any atom is -0.388 e. The highest BCUT2D eigenvalue weighted by Gasteiger charge is 2.25. The fourth-order valence-electron chi connectivity index (χ4n) is 4.13. The van der Waals surface area contributed by atoms with Gasteiger partial charge in [0.25, 0.3) is 0 Å². The van der Waals surface area contributed by atoms with E-state index in [1.54, 1.807) is 12.4 Å². The van der Waals surface area contributed by atoms with Crippen LogP contribution >= 0.6 is 0 Å². The maximum absolute atomic E-state index is 10.2. The number of anilines is 2. The van der Waals surface area contributed by atoms with Crippen LogP contribution in [-0.2, 0) is 0 Å². The first kappa shape index (κ1) is 20.8. The standard InChI is InChI=1S/C23H32N6O/c1-16(2)22(30)19-14-25-23(26-15-19)29-11-9-28(10-12-29)17(3)18-5-6-20-21(13-18)27(4)8-7-24-20/h5-7,13-17,22,30H,8-12H2,1-4H3. The maximum atomic E-state index is 10.2. The van der Waals surface area contributed by atoms with Gasteiger partial charge in [0.05, 0.1) is 24.0 Å². The Balaban J connectivity index is 1.39. The Kier molecular flexibility index (Phi) is 6.01. The number of hydrogen-bond acceptors (Lipinski definition) is 7. The van der Waals surface area contributed by atoms with Crippen molar-refractivity contribution in [3.05, 3.63) is 41.7 Å². The lowest BCUT2D eigenvalue weighted by Crippen LogP contribution is -2.47. The molecule has 1 N–H and O–H groups in total. The molecule has 0 aliphatic carbocycles. The number of piperazine rings is 1. The highest BCUT2D eigenvalue weighted by molar-refractivity contribution is 5.81. The minimum absolute atomic E-state index is 0.152. The minimum atomic E-state index is -0.516. The molecule has 1 aromatic carbocycles. The van der Waals surface area contributed by atoms with Gasteiger partial charge < -0.3 is 14.9 Å². The normalized spacial score (nSPS) is 19.1. The van der Waals surface area contributed by atoms with E-state index in [0.717, 1.165) is 49.9 Å². The topological polar surface area (TPSA) is 68.1 Å². The van der Waals surface area contributed by atoms with E-state index in [-0.39, 0.29) is 5.92 Å². The van der Waals surface area contributed by atoms with Crippen molar-refractivity contribution < 1.29 is 5.11 Å². The number of hydrogen-bond donors (Lipinski definition) is 1. The zero-order valence-corrected chi connectivity index (χ0v) is 18.4. The number of aliphatic hydroxyl groups excluding tert-OH is 1. The number of aliphatic imine (C=N–C) groups is 1. The number of fused-ring (bicyclic) bond motifs is 1. The number of aromatic nitrogens is 2. The van der Waals surface area contributed by atoms with Crippen LogP contribution in [0.4, 0.5) is 17.3 Å². The second-order valence-corrected chi connectivity index (χ2v) is 8.64.